The van der Waals surface area contributed by atoms with Crippen LogP contribution < -0.4 is 24.8 Å². The fourth-order valence-electron chi connectivity index (χ4n) is 3.71. The molecule has 1 heterocycles. The van der Waals surface area contributed by atoms with Crippen LogP contribution in [0.2, 0.25) is 0 Å². The smallest absolute Gasteiger partial charge is 0.319 e. The fraction of sp³-hybridized carbons (Fsp3) is 0.471. The molecule has 1 aliphatic heterocycles. The molecule has 0 saturated heterocycles. The normalized spacial score (nSPS) is 26.4. The van der Waals surface area contributed by atoms with E-state index in [9.17, 15) is 4.79 Å². The van der Waals surface area contributed by atoms with Crippen molar-refractivity contribution in [3.63, 3.8) is 0 Å². The molecule has 0 unspecified atom stereocenters. The Hall–Kier alpha value is -2.37. The molecule has 2 bridgehead atoms. The van der Waals surface area contributed by atoms with Gasteiger partial charge < -0.3 is 24.8 Å². The fourth-order valence-corrected chi connectivity index (χ4v) is 3.71. The van der Waals surface area contributed by atoms with Crippen molar-refractivity contribution in [1.29, 1.82) is 0 Å². The van der Waals surface area contributed by atoms with Gasteiger partial charge >= 0.3 is 6.03 Å². The van der Waals surface area contributed by atoms with Gasteiger partial charge in [-0.3, -0.25) is 0 Å². The molecule has 0 radical (unpaired) electrons. The summed E-state index contributed by atoms with van der Waals surface area (Å²) in [6.07, 6.45) is 7.01. The van der Waals surface area contributed by atoms with Crippen LogP contribution in [-0.2, 0) is 0 Å². The van der Waals surface area contributed by atoms with Crippen molar-refractivity contribution in [1.82, 2.24) is 5.32 Å². The van der Waals surface area contributed by atoms with Crippen molar-refractivity contribution >= 4 is 11.7 Å². The SMILES string of the molecule is COc1cc2c(cc1NC(=O)NC[C@@H]1C[C@@H]3C=C[C@H]1C3)OCO2. The molecule has 122 valence electrons. The van der Waals surface area contributed by atoms with Crippen molar-refractivity contribution in [2.45, 2.75) is 12.8 Å². The Morgan fingerprint density at radius 1 is 1.26 bits per heavy atom. The summed E-state index contributed by atoms with van der Waals surface area (Å²) in [7, 11) is 1.56. The van der Waals surface area contributed by atoms with Crippen molar-refractivity contribution < 1.29 is 19.0 Å². The minimum Gasteiger partial charge on any atom is -0.494 e. The third kappa shape index (κ3) is 2.69. The summed E-state index contributed by atoms with van der Waals surface area (Å²) in [5.41, 5.74) is 0.571. The van der Waals surface area contributed by atoms with Gasteiger partial charge in [0.25, 0.3) is 0 Å². The quantitative estimate of drug-likeness (QED) is 0.838. The van der Waals surface area contributed by atoms with E-state index >= 15 is 0 Å². The van der Waals surface area contributed by atoms with E-state index in [1.807, 2.05) is 0 Å². The summed E-state index contributed by atoms with van der Waals surface area (Å²) in [5.74, 6) is 3.67. The Morgan fingerprint density at radius 2 is 2.09 bits per heavy atom. The lowest BCUT2D eigenvalue weighted by Gasteiger charge is -2.19. The monoisotopic (exact) mass is 316 g/mol. The number of fused-ring (bicyclic) bond motifs is 3. The van der Waals surface area contributed by atoms with Crippen LogP contribution in [0.25, 0.3) is 0 Å². The second kappa shape index (κ2) is 5.68. The summed E-state index contributed by atoms with van der Waals surface area (Å²) in [4.78, 5) is 12.2. The number of urea groups is 1. The van der Waals surface area contributed by atoms with Gasteiger partial charge in [-0.05, 0) is 30.6 Å². The van der Waals surface area contributed by atoms with Gasteiger partial charge in [0, 0.05) is 18.7 Å². The molecule has 2 amide bonds. The van der Waals surface area contributed by atoms with Gasteiger partial charge in [-0.1, -0.05) is 12.2 Å². The van der Waals surface area contributed by atoms with E-state index in [1.165, 1.54) is 12.8 Å². The number of allylic oxidation sites excluding steroid dienone is 2. The first-order valence-electron chi connectivity index (χ1n) is 7.93. The van der Waals surface area contributed by atoms with Crippen molar-refractivity contribution in [3.05, 3.63) is 24.3 Å². The van der Waals surface area contributed by atoms with Gasteiger partial charge in [0.2, 0.25) is 6.79 Å². The Bertz CT molecular complexity index is 658. The van der Waals surface area contributed by atoms with Crippen LogP contribution in [0.1, 0.15) is 12.8 Å². The average Bonchev–Trinajstić information content (AvgIpc) is 3.28. The molecule has 6 nitrogen and oxygen atoms in total. The van der Waals surface area contributed by atoms with Crippen LogP contribution in [0.4, 0.5) is 10.5 Å². The van der Waals surface area contributed by atoms with Gasteiger partial charge in [0.1, 0.15) is 5.75 Å². The molecule has 1 aromatic carbocycles. The molecule has 6 heteroatoms. The van der Waals surface area contributed by atoms with E-state index in [0.29, 0.717) is 47.2 Å². The molecule has 3 atom stereocenters. The first-order chi connectivity index (χ1) is 11.2. The van der Waals surface area contributed by atoms with E-state index in [4.69, 9.17) is 14.2 Å². The van der Waals surface area contributed by atoms with E-state index in [0.717, 1.165) is 0 Å². The minimum atomic E-state index is -0.228. The lowest BCUT2D eigenvalue weighted by Crippen LogP contribution is -2.34. The zero-order chi connectivity index (χ0) is 15.8. The lowest BCUT2D eigenvalue weighted by atomic mass is 9.94. The second-order valence-corrected chi connectivity index (χ2v) is 6.28. The summed E-state index contributed by atoms with van der Waals surface area (Å²) in [6, 6.07) is 3.22. The van der Waals surface area contributed by atoms with E-state index < -0.39 is 0 Å². The molecule has 0 aromatic heterocycles. The number of carbonyl (C=O) groups is 1. The lowest BCUT2D eigenvalue weighted by molar-refractivity contribution is 0.174. The van der Waals surface area contributed by atoms with Crippen molar-refractivity contribution in [2.24, 2.45) is 17.8 Å². The van der Waals surface area contributed by atoms with Crippen LogP contribution in [0.3, 0.4) is 0 Å². The molecular weight excluding hydrogens is 296 g/mol. The van der Waals surface area contributed by atoms with E-state index in [-0.39, 0.29) is 12.8 Å². The number of ether oxygens (including phenoxy) is 3. The number of hydrogen-bond donors (Lipinski definition) is 2. The summed E-state index contributed by atoms with van der Waals surface area (Å²) >= 11 is 0. The molecule has 23 heavy (non-hydrogen) atoms. The highest BCUT2D eigenvalue weighted by atomic mass is 16.7. The Morgan fingerprint density at radius 3 is 2.78 bits per heavy atom. The van der Waals surface area contributed by atoms with Crippen LogP contribution in [0, 0.1) is 17.8 Å². The predicted octanol–water partition coefficient (Wildman–Crippen LogP) is 2.76. The number of amides is 2. The number of nitrogens with one attached hydrogen (secondary N) is 2. The number of hydrogen-bond acceptors (Lipinski definition) is 4. The standard InChI is InChI=1S/C17H20N2O4/c1-21-14-7-16-15(22-9-23-16)6-13(14)19-17(20)18-8-12-5-10-2-3-11(12)4-10/h2-3,6-7,10-12H,4-5,8-9H2,1H3,(H2,18,19,20)/t10-,11+,12+/m1/s1. The van der Waals surface area contributed by atoms with Crippen molar-refractivity contribution in [2.75, 3.05) is 25.8 Å². The Labute approximate surface area is 134 Å². The van der Waals surface area contributed by atoms with E-state index in [1.54, 1.807) is 19.2 Å². The van der Waals surface area contributed by atoms with Crippen LogP contribution >= 0.6 is 0 Å². The van der Waals surface area contributed by atoms with Gasteiger partial charge in [-0.15, -0.1) is 0 Å². The maximum Gasteiger partial charge on any atom is 0.319 e. The number of carbonyl (C=O) groups excluding carboxylic acids is 1. The summed E-state index contributed by atoms with van der Waals surface area (Å²) in [5, 5.41) is 5.80. The molecule has 4 rings (SSSR count). The largest absolute Gasteiger partial charge is 0.494 e. The summed E-state index contributed by atoms with van der Waals surface area (Å²) < 4.78 is 15.9. The molecular formula is C17H20N2O4. The Balaban J connectivity index is 1.38. The van der Waals surface area contributed by atoms with E-state index in [2.05, 4.69) is 22.8 Å². The first-order valence-corrected chi connectivity index (χ1v) is 7.93. The highest BCUT2D eigenvalue weighted by Gasteiger charge is 2.35. The van der Waals surface area contributed by atoms with Gasteiger partial charge in [0.05, 0.1) is 12.8 Å². The Kier molecular flexibility index (Phi) is 3.52. The number of methoxy groups -OCH3 is 1. The average molecular weight is 316 g/mol. The number of anilines is 1. The molecule has 1 aromatic rings. The van der Waals surface area contributed by atoms with Gasteiger partial charge in [-0.25, -0.2) is 4.79 Å². The topological polar surface area (TPSA) is 68.8 Å². The van der Waals surface area contributed by atoms with Crippen LogP contribution in [0.15, 0.2) is 24.3 Å². The van der Waals surface area contributed by atoms with Crippen LogP contribution in [0.5, 0.6) is 17.2 Å². The number of benzene rings is 1. The first kappa shape index (κ1) is 14.2. The molecule has 2 N–H and O–H groups in total. The second-order valence-electron chi connectivity index (χ2n) is 6.28. The molecule has 1 saturated carbocycles. The highest BCUT2D eigenvalue weighted by Crippen LogP contribution is 2.43. The highest BCUT2D eigenvalue weighted by molar-refractivity contribution is 5.91. The maximum absolute atomic E-state index is 12.2. The minimum absolute atomic E-state index is 0.186. The maximum atomic E-state index is 12.2. The van der Waals surface area contributed by atoms with Gasteiger partial charge in [-0.2, -0.15) is 0 Å². The zero-order valence-corrected chi connectivity index (χ0v) is 13.0. The van der Waals surface area contributed by atoms with Crippen molar-refractivity contribution in [3.8, 4) is 17.2 Å². The third-order valence-corrected chi connectivity index (χ3v) is 4.88. The predicted molar refractivity (Wildman–Crippen MR) is 85.0 cm³/mol. The number of rotatable bonds is 4. The molecule has 1 fully saturated rings. The molecule has 0 spiro atoms. The molecule has 3 aliphatic rings. The van der Waals surface area contributed by atoms with Gasteiger partial charge in [0.15, 0.2) is 11.5 Å². The summed E-state index contributed by atoms with van der Waals surface area (Å²) in [6.45, 7) is 0.885. The van der Waals surface area contributed by atoms with Crippen LogP contribution in [-0.4, -0.2) is 26.5 Å². The zero-order valence-electron chi connectivity index (χ0n) is 13.0. The molecule has 2 aliphatic carbocycles. The third-order valence-electron chi connectivity index (χ3n) is 4.88.